The Hall–Kier alpha value is -3.07. The van der Waals surface area contributed by atoms with Crippen molar-refractivity contribution >= 4 is 0 Å². The summed E-state index contributed by atoms with van der Waals surface area (Å²) in [5.41, 5.74) is 8.20. The maximum Gasteiger partial charge on any atom is 0.191 e. The van der Waals surface area contributed by atoms with E-state index < -0.39 is 11.3 Å². The number of rotatable bonds is 3. The molecule has 2 aliphatic rings. The Kier molecular flexibility index (Phi) is 5.76. The maximum absolute atomic E-state index is 10.2. The van der Waals surface area contributed by atoms with Gasteiger partial charge >= 0.3 is 0 Å². The molecule has 0 saturated carbocycles. The van der Waals surface area contributed by atoms with Crippen molar-refractivity contribution in [2.45, 2.75) is 45.4 Å². The van der Waals surface area contributed by atoms with Crippen molar-refractivity contribution < 1.29 is 0 Å². The fourth-order valence-electron chi connectivity index (χ4n) is 4.81. The number of nitrogens with two attached hydrogens (primary N) is 1. The van der Waals surface area contributed by atoms with Crippen molar-refractivity contribution in [1.82, 2.24) is 4.90 Å². The molecule has 2 atom stereocenters. The molecule has 0 fully saturated rings. The molecular formula is C25H29N5. The molecule has 0 radical (unpaired) electrons. The lowest BCUT2D eigenvalue weighted by Gasteiger charge is -2.45. The molecule has 1 aliphatic carbocycles. The van der Waals surface area contributed by atoms with Crippen LogP contribution in [0.5, 0.6) is 0 Å². The molecule has 1 aromatic rings. The molecule has 0 bridgehead atoms. The predicted molar refractivity (Wildman–Crippen MR) is 117 cm³/mol. The van der Waals surface area contributed by atoms with E-state index in [2.05, 4.69) is 69.0 Å². The van der Waals surface area contributed by atoms with Gasteiger partial charge in [-0.2, -0.15) is 15.8 Å². The van der Waals surface area contributed by atoms with Crippen molar-refractivity contribution in [2.24, 2.45) is 17.1 Å². The summed E-state index contributed by atoms with van der Waals surface area (Å²) in [6.07, 6.45) is 3.08. The van der Waals surface area contributed by atoms with Crippen LogP contribution in [0.4, 0.5) is 0 Å². The predicted octanol–water partition coefficient (Wildman–Crippen LogP) is 4.12. The van der Waals surface area contributed by atoms with Crippen molar-refractivity contribution in [3.05, 3.63) is 58.3 Å². The average molecular weight is 400 g/mol. The van der Waals surface area contributed by atoms with Crippen LogP contribution < -0.4 is 5.73 Å². The van der Waals surface area contributed by atoms with Crippen LogP contribution in [-0.2, 0) is 5.41 Å². The van der Waals surface area contributed by atoms with Crippen LogP contribution in [-0.4, -0.2) is 24.5 Å². The Morgan fingerprint density at radius 3 is 2.27 bits per heavy atom. The third-order valence-electron chi connectivity index (χ3n) is 6.42. The number of hydrogen-bond donors (Lipinski definition) is 1. The minimum atomic E-state index is -1.56. The quantitative estimate of drug-likeness (QED) is 0.824. The minimum absolute atomic E-state index is 0.00732. The first-order chi connectivity index (χ1) is 14.2. The lowest BCUT2D eigenvalue weighted by molar-refractivity contribution is 0.207. The number of nitriles is 3. The lowest BCUT2D eigenvalue weighted by Crippen LogP contribution is -2.48. The van der Waals surface area contributed by atoms with Gasteiger partial charge in [-0.3, -0.25) is 4.90 Å². The van der Waals surface area contributed by atoms with Crippen LogP contribution in [0, 0.1) is 45.3 Å². The van der Waals surface area contributed by atoms with Crippen molar-refractivity contribution in [1.29, 1.82) is 15.8 Å². The molecule has 2 N–H and O–H groups in total. The number of hydrogen-bond acceptors (Lipinski definition) is 5. The van der Waals surface area contributed by atoms with E-state index in [0.717, 1.165) is 30.6 Å². The topological polar surface area (TPSA) is 101 Å². The van der Waals surface area contributed by atoms with E-state index >= 15 is 0 Å². The summed E-state index contributed by atoms with van der Waals surface area (Å²) >= 11 is 0. The highest BCUT2D eigenvalue weighted by Crippen LogP contribution is 2.54. The first-order valence-corrected chi connectivity index (χ1v) is 10.5. The van der Waals surface area contributed by atoms with Gasteiger partial charge in [0, 0.05) is 24.9 Å². The second-order valence-electron chi connectivity index (χ2n) is 9.31. The normalized spacial score (nSPS) is 23.6. The summed E-state index contributed by atoms with van der Waals surface area (Å²) in [6, 6.07) is 14.8. The number of fused-ring (bicyclic) bond motifs is 1. The zero-order chi connectivity index (χ0) is 22.1. The lowest BCUT2D eigenvalue weighted by atomic mass is 9.58. The fourth-order valence-corrected chi connectivity index (χ4v) is 4.81. The van der Waals surface area contributed by atoms with Crippen molar-refractivity contribution in [3.8, 4) is 18.2 Å². The summed E-state index contributed by atoms with van der Waals surface area (Å²) in [5.74, 6) is -0.559. The summed E-state index contributed by atoms with van der Waals surface area (Å²) in [6.45, 7) is 11.0. The van der Waals surface area contributed by atoms with Gasteiger partial charge in [0.2, 0.25) is 0 Å². The van der Waals surface area contributed by atoms with E-state index in [4.69, 9.17) is 5.73 Å². The summed E-state index contributed by atoms with van der Waals surface area (Å²) in [7, 11) is 0. The van der Waals surface area contributed by atoms with Gasteiger partial charge < -0.3 is 5.73 Å². The molecule has 5 nitrogen and oxygen atoms in total. The maximum atomic E-state index is 10.2. The smallest absolute Gasteiger partial charge is 0.191 e. The molecule has 0 unspecified atom stereocenters. The van der Waals surface area contributed by atoms with Gasteiger partial charge in [-0.05, 0) is 35.1 Å². The van der Waals surface area contributed by atoms with Gasteiger partial charge in [0.25, 0.3) is 0 Å². The zero-order valence-electron chi connectivity index (χ0n) is 18.2. The number of allylic oxidation sites excluding steroid dienone is 2. The third kappa shape index (κ3) is 3.39. The van der Waals surface area contributed by atoms with Gasteiger partial charge in [-0.15, -0.1) is 0 Å². The minimum Gasteiger partial charge on any atom is -0.399 e. The molecule has 1 aliphatic heterocycles. The Morgan fingerprint density at radius 2 is 1.77 bits per heavy atom. The Labute approximate surface area is 179 Å². The van der Waals surface area contributed by atoms with Gasteiger partial charge in [0.1, 0.15) is 6.07 Å². The van der Waals surface area contributed by atoms with Crippen LogP contribution in [0.25, 0.3) is 0 Å². The van der Waals surface area contributed by atoms with Gasteiger partial charge in [-0.1, -0.05) is 58.0 Å². The number of benzene rings is 1. The molecule has 1 aromatic carbocycles. The highest BCUT2D eigenvalue weighted by Gasteiger charge is 2.54. The summed E-state index contributed by atoms with van der Waals surface area (Å²) in [5, 5.41) is 30.2. The van der Waals surface area contributed by atoms with Crippen molar-refractivity contribution in [3.63, 3.8) is 0 Å². The monoisotopic (exact) mass is 399 g/mol. The zero-order valence-corrected chi connectivity index (χ0v) is 18.2. The first-order valence-electron chi connectivity index (χ1n) is 10.5. The molecule has 0 saturated heterocycles. The van der Waals surface area contributed by atoms with Crippen molar-refractivity contribution in [2.75, 3.05) is 19.6 Å². The molecular weight excluding hydrogens is 370 g/mol. The molecule has 0 spiro atoms. The largest absolute Gasteiger partial charge is 0.399 e. The van der Waals surface area contributed by atoms with E-state index in [1.165, 1.54) is 5.56 Å². The Morgan fingerprint density at radius 1 is 1.13 bits per heavy atom. The standard InChI is InChI=1S/C25H29N5/c1-5-11-30-12-10-19-20(13-26)23(29)25(15-27,16-28)22(21(19)14-30)17-6-8-18(9-7-17)24(2,3)4/h6-10,21-22H,5,11-12,14,29H2,1-4H3/t21-,22+/m0/s1. The second-order valence-corrected chi connectivity index (χ2v) is 9.31. The highest BCUT2D eigenvalue weighted by atomic mass is 15.1. The Balaban J connectivity index is 2.22. The number of nitrogens with zero attached hydrogens (tertiary/aromatic N) is 4. The van der Waals surface area contributed by atoms with Gasteiger partial charge in [0.05, 0.1) is 23.4 Å². The fraction of sp³-hybridized carbons (Fsp3) is 0.480. The first kappa shape index (κ1) is 21.6. The van der Waals surface area contributed by atoms with E-state index in [0.29, 0.717) is 12.1 Å². The van der Waals surface area contributed by atoms with E-state index in [9.17, 15) is 15.8 Å². The molecule has 0 aromatic heterocycles. The molecule has 30 heavy (non-hydrogen) atoms. The third-order valence-corrected chi connectivity index (χ3v) is 6.42. The van der Waals surface area contributed by atoms with Crippen LogP contribution in [0.15, 0.2) is 47.2 Å². The summed E-state index contributed by atoms with van der Waals surface area (Å²) in [4.78, 5) is 2.32. The van der Waals surface area contributed by atoms with Gasteiger partial charge in [0.15, 0.2) is 5.41 Å². The van der Waals surface area contributed by atoms with Crippen LogP contribution >= 0.6 is 0 Å². The molecule has 0 amide bonds. The average Bonchev–Trinajstić information content (AvgIpc) is 2.73. The molecule has 1 heterocycles. The second kappa shape index (κ2) is 7.98. The van der Waals surface area contributed by atoms with E-state index in [-0.39, 0.29) is 17.0 Å². The molecule has 154 valence electrons. The summed E-state index contributed by atoms with van der Waals surface area (Å²) < 4.78 is 0. The van der Waals surface area contributed by atoms with Crippen LogP contribution in [0.2, 0.25) is 0 Å². The molecule has 3 rings (SSSR count). The van der Waals surface area contributed by atoms with Crippen LogP contribution in [0.1, 0.15) is 51.2 Å². The highest BCUT2D eigenvalue weighted by molar-refractivity contribution is 5.59. The van der Waals surface area contributed by atoms with E-state index in [1.807, 2.05) is 12.1 Å². The molecule has 5 heteroatoms. The SMILES string of the molecule is CCCN1CC=C2C(C#N)=C(N)C(C#N)(C#N)[C@H](c3ccc(C(C)(C)C)cc3)[C@H]2C1. The van der Waals surface area contributed by atoms with Gasteiger partial charge in [-0.25, -0.2) is 0 Å². The van der Waals surface area contributed by atoms with Crippen LogP contribution in [0.3, 0.4) is 0 Å². The Bertz CT molecular complexity index is 988. The van der Waals surface area contributed by atoms with E-state index in [1.54, 1.807) is 0 Å².